The van der Waals surface area contributed by atoms with Gasteiger partial charge in [0.2, 0.25) is 0 Å². The third-order valence-electron chi connectivity index (χ3n) is 4.36. The number of aromatic nitrogens is 2. The summed E-state index contributed by atoms with van der Waals surface area (Å²) in [5, 5.41) is 12.4. The highest BCUT2D eigenvalue weighted by molar-refractivity contribution is 5.86. The monoisotopic (exact) mass is 382 g/mol. The Kier molecular flexibility index (Phi) is 4.08. The summed E-state index contributed by atoms with van der Waals surface area (Å²) in [7, 11) is 1.53. The molecule has 2 aromatic heterocycles. The van der Waals surface area contributed by atoms with E-state index in [1.54, 1.807) is 54.6 Å². The second-order valence-electron chi connectivity index (χ2n) is 6.04. The first-order valence-electron chi connectivity index (χ1n) is 8.25. The van der Waals surface area contributed by atoms with Crippen molar-refractivity contribution in [3.63, 3.8) is 0 Å². The van der Waals surface area contributed by atoms with Crippen molar-refractivity contribution in [3.05, 3.63) is 65.7 Å². The average Bonchev–Trinajstić information content (AvgIpc) is 3.07. The van der Waals surface area contributed by atoms with Crippen LogP contribution in [-0.2, 0) is 6.18 Å². The van der Waals surface area contributed by atoms with Gasteiger partial charge < -0.3 is 10.1 Å². The second-order valence-corrected chi connectivity index (χ2v) is 6.04. The lowest BCUT2D eigenvalue weighted by Crippen LogP contribution is -2.12. The number of nitriles is 1. The van der Waals surface area contributed by atoms with Crippen molar-refractivity contribution in [1.29, 1.82) is 5.26 Å². The lowest BCUT2D eigenvalue weighted by Gasteiger charge is -2.15. The minimum absolute atomic E-state index is 0.0467. The number of alkyl halides is 3. The molecule has 0 saturated carbocycles. The van der Waals surface area contributed by atoms with E-state index in [1.165, 1.54) is 11.5 Å². The van der Waals surface area contributed by atoms with Crippen LogP contribution in [0.15, 0.2) is 54.6 Å². The summed E-state index contributed by atoms with van der Waals surface area (Å²) in [5.74, 6) is 0.778. The van der Waals surface area contributed by atoms with Gasteiger partial charge in [-0.25, -0.2) is 4.98 Å². The molecular weight excluding hydrogens is 369 g/mol. The van der Waals surface area contributed by atoms with Gasteiger partial charge in [-0.2, -0.15) is 18.4 Å². The molecule has 0 fully saturated rings. The number of fused-ring (bicyclic) bond motifs is 3. The number of imidazole rings is 1. The van der Waals surface area contributed by atoms with E-state index in [0.717, 1.165) is 6.07 Å². The van der Waals surface area contributed by atoms with Gasteiger partial charge in [0.15, 0.2) is 5.65 Å². The molecule has 0 spiro atoms. The Morgan fingerprint density at radius 3 is 2.46 bits per heavy atom. The number of hydrogen-bond acceptors (Lipinski definition) is 4. The summed E-state index contributed by atoms with van der Waals surface area (Å²) in [6.45, 7) is 0. The molecule has 0 aliphatic carbocycles. The molecule has 0 bridgehead atoms. The smallest absolute Gasteiger partial charge is 0.417 e. The molecule has 5 nitrogen and oxygen atoms in total. The Hall–Kier alpha value is -3.73. The molecule has 0 unspecified atom stereocenters. The second kappa shape index (κ2) is 6.46. The molecule has 8 heteroatoms. The highest BCUT2D eigenvalue weighted by Crippen LogP contribution is 2.37. The van der Waals surface area contributed by atoms with Crippen LogP contribution in [0.3, 0.4) is 0 Å². The largest absolute Gasteiger partial charge is 0.497 e. The van der Waals surface area contributed by atoms with E-state index in [0.29, 0.717) is 22.5 Å². The van der Waals surface area contributed by atoms with Gasteiger partial charge in [-0.05, 0) is 42.5 Å². The van der Waals surface area contributed by atoms with Crippen LogP contribution in [0.25, 0.3) is 16.7 Å². The fraction of sp³-hybridized carbons (Fsp3) is 0.100. The molecule has 140 valence electrons. The van der Waals surface area contributed by atoms with E-state index in [4.69, 9.17) is 4.74 Å². The Morgan fingerprint density at radius 2 is 1.82 bits per heavy atom. The number of rotatable bonds is 3. The molecule has 0 radical (unpaired) electrons. The third-order valence-corrected chi connectivity index (χ3v) is 4.36. The van der Waals surface area contributed by atoms with Gasteiger partial charge >= 0.3 is 6.18 Å². The number of ether oxygens (including phenoxy) is 1. The zero-order valence-electron chi connectivity index (χ0n) is 14.6. The molecule has 4 aromatic rings. The minimum atomic E-state index is -4.69. The van der Waals surface area contributed by atoms with E-state index in [9.17, 15) is 18.4 Å². The van der Waals surface area contributed by atoms with Crippen LogP contribution in [0.4, 0.5) is 24.7 Å². The molecule has 28 heavy (non-hydrogen) atoms. The Labute approximate surface area is 157 Å². The summed E-state index contributed by atoms with van der Waals surface area (Å²) in [6, 6.07) is 16.3. The Balaban J connectivity index is 2.01. The number of pyridine rings is 1. The maximum atomic E-state index is 13.6. The SMILES string of the molecule is COc1ccc(Nc2cc(C(F)(F)F)c(C#N)c3nc4ccccc4n23)cc1. The minimum Gasteiger partial charge on any atom is -0.497 e. The van der Waals surface area contributed by atoms with Crippen molar-refractivity contribution in [1.82, 2.24) is 9.38 Å². The van der Waals surface area contributed by atoms with Gasteiger partial charge in [0.25, 0.3) is 0 Å². The number of nitrogens with zero attached hydrogens (tertiary/aromatic N) is 3. The number of hydrogen-bond donors (Lipinski definition) is 1. The summed E-state index contributed by atoms with van der Waals surface area (Å²) >= 11 is 0. The lowest BCUT2D eigenvalue weighted by molar-refractivity contribution is -0.137. The predicted octanol–water partition coefficient (Wildman–Crippen LogP) is 5.13. The summed E-state index contributed by atoms with van der Waals surface area (Å²) in [4.78, 5) is 4.27. The molecule has 4 rings (SSSR count). The fourth-order valence-corrected chi connectivity index (χ4v) is 3.08. The molecule has 2 heterocycles. The number of halogens is 3. The number of para-hydroxylation sites is 2. The van der Waals surface area contributed by atoms with Crippen LogP contribution in [0, 0.1) is 11.3 Å². The van der Waals surface area contributed by atoms with E-state index < -0.39 is 17.3 Å². The maximum absolute atomic E-state index is 13.6. The zero-order valence-corrected chi connectivity index (χ0v) is 14.6. The predicted molar refractivity (Wildman–Crippen MR) is 98.7 cm³/mol. The highest BCUT2D eigenvalue weighted by Gasteiger charge is 2.36. The molecule has 1 N–H and O–H groups in total. The number of anilines is 2. The van der Waals surface area contributed by atoms with Gasteiger partial charge in [-0.1, -0.05) is 12.1 Å². The van der Waals surface area contributed by atoms with E-state index in [1.807, 2.05) is 0 Å². The van der Waals surface area contributed by atoms with Crippen molar-refractivity contribution >= 4 is 28.2 Å². The summed E-state index contributed by atoms with van der Waals surface area (Å²) in [5.41, 5.74) is 0.0693. The third kappa shape index (κ3) is 2.87. The van der Waals surface area contributed by atoms with Crippen LogP contribution in [0.5, 0.6) is 5.75 Å². The van der Waals surface area contributed by atoms with Crippen molar-refractivity contribution in [3.8, 4) is 11.8 Å². The first kappa shape index (κ1) is 17.7. The normalized spacial score (nSPS) is 11.5. The first-order valence-corrected chi connectivity index (χ1v) is 8.25. The fourth-order valence-electron chi connectivity index (χ4n) is 3.08. The standard InChI is InChI=1S/C20H13F3N4O/c1-28-13-8-6-12(7-9-13)25-18-10-15(20(21,22)23)14(11-24)19-26-16-4-2-3-5-17(16)27(18)19/h2-10,25H,1H3. The van der Waals surface area contributed by atoms with Crippen LogP contribution < -0.4 is 10.1 Å². The van der Waals surface area contributed by atoms with E-state index >= 15 is 0 Å². The van der Waals surface area contributed by atoms with Crippen molar-refractivity contribution < 1.29 is 17.9 Å². The number of nitrogens with one attached hydrogen (secondary N) is 1. The molecule has 0 aliphatic heterocycles. The molecule has 0 amide bonds. The Bertz CT molecular complexity index is 1220. The zero-order chi connectivity index (χ0) is 19.9. The van der Waals surface area contributed by atoms with E-state index in [2.05, 4.69) is 10.3 Å². The van der Waals surface area contributed by atoms with Crippen molar-refractivity contribution in [2.45, 2.75) is 6.18 Å². The van der Waals surface area contributed by atoms with E-state index in [-0.39, 0.29) is 11.5 Å². The molecule has 2 aromatic carbocycles. The van der Waals surface area contributed by atoms with Crippen molar-refractivity contribution in [2.75, 3.05) is 12.4 Å². The van der Waals surface area contributed by atoms with Crippen LogP contribution in [-0.4, -0.2) is 16.5 Å². The first-order chi connectivity index (χ1) is 13.4. The summed E-state index contributed by atoms with van der Waals surface area (Å²) in [6.07, 6.45) is -4.69. The lowest BCUT2D eigenvalue weighted by atomic mass is 10.1. The van der Waals surface area contributed by atoms with Gasteiger partial charge in [0.1, 0.15) is 23.2 Å². The Morgan fingerprint density at radius 1 is 1.11 bits per heavy atom. The summed E-state index contributed by atoms with van der Waals surface area (Å²) < 4.78 is 47.4. The molecule has 0 aliphatic rings. The van der Waals surface area contributed by atoms with Gasteiger partial charge in [-0.3, -0.25) is 4.40 Å². The highest BCUT2D eigenvalue weighted by atomic mass is 19.4. The number of methoxy groups -OCH3 is 1. The van der Waals surface area contributed by atoms with Gasteiger partial charge in [-0.15, -0.1) is 0 Å². The average molecular weight is 382 g/mol. The van der Waals surface area contributed by atoms with Crippen molar-refractivity contribution in [2.24, 2.45) is 0 Å². The molecular formula is C20H13F3N4O. The number of benzene rings is 2. The van der Waals surface area contributed by atoms with Gasteiger partial charge in [0.05, 0.1) is 23.7 Å². The molecule has 0 saturated heterocycles. The van der Waals surface area contributed by atoms with Crippen LogP contribution in [0.2, 0.25) is 0 Å². The van der Waals surface area contributed by atoms with Gasteiger partial charge in [0, 0.05) is 5.69 Å². The topological polar surface area (TPSA) is 62.3 Å². The molecule has 0 atom stereocenters. The van der Waals surface area contributed by atoms with Crippen LogP contribution >= 0.6 is 0 Å². The van der Waals surface area contributed by atoms with Crippen LogP contribution in [0.1, 0.15) is 11.1 Å². The quantitative estimate of drug-likeness (QED) is 0.534. The maximum Gasteiger partial charge on any atom is 0.417 e.